The molecule has 0 saturated heterocycles. The van der Waals surface area contributed by atoms with Gasteiger partial charge in [-0.1, -0.05) is 38.0 Å². The normalized spacial score (nSPS) is 39.5. The lowest BCUT2D eigenvalue weighted by atomic mass is 9.47. The minimum absolute atomic E-state index is 0.0691. The zero-order valence-corrected chi connectivity index (χ0v) is 14.5. The number of aliphatic hydroxyl groups excluding tert-OH is 1. The predicted octanol–water partition coefficient (Wildman–Crippen LogP) is 4.68. The summed E-state index contributed by atoms with van der Waals surface area (Å²) in [5.41, 5.74) is 2.88. The Bertz CT molecular complexity index is 464. The lowest BCUT2D eigenvalue weighted by Crippen LogP contribution is -2.51. The number of aliphatic hydroxyl groups is 1. The molecule has 0 spiro atoms. The maximum atomic E-state index is 10.6. The van der Waals surface area contributed by atoms with Gasteiger partial charge in [-0.3, -0.25) is 4.79 Å². The molecule has 2 aliphatic rings. The lowest BCUT2D eigenvalue weighted by molar-refractivity contribution is -0.104. The van der Waals surface area contributed by atoms with Gasteiger partial charge in [-0.25, -0.2) is 0 Å². The van der Waals surface area contributed by atoms with Crippen molar-refractivity contribution in [2.45, 2.75) is 65.7 Å². The van der Waals surface area contributed by atoms with E-state index in [0.29, 0.717) is 18.4 Å². The molecule has 0 aromatic rings. The van der Waals surface area contributed by atoms with Crippen molar-refractivity contribution in [1.29, 1.82) is 0 Å². The minimum atomic E-state index is 0.0691. The van der Waals surface area contributed by atoms with Crippen LogP contribution in [-0.4, -0.2) is 18.0 Å². The summed E-state index contributed by atoms with van der Waals surface area (Å²) in [6.07, 6.45) is 10.5. The molecule has 0 unspecified atom stereocenters. The summed E-state index contributed by atoms with van der Waals surface area (Å²) >= 11 is 0. The zero-order valence-electron chi connectivity index (χ0n) is 14.5. The van der Waals surface area contributed by atoms with Crippen molar-refractivity contribution in [2.24, 2.45) is 22.7 Å². The first-order chi connectivity index (χ1) is 10.4. The van der Waals surface area contributed by atoms with Gasteiger partial charge in [-0.05, 0) is 74.2 Å². The first-order valence-electron chi connectivity index (χ1n) is 8.77. The van der Waals surface area contributed by atoms with E-state index in [9.17, 15) is 9.90 Å². The molecule has 22 heavy (non-hydrogen) atoms. The number of carbonyl (C=O) groups excluding carboxylic acids is 1. The van der Waals surface area contributed by atoms with Gasteiger partial charge in [0, 0.05) is 6.61 Å². The molecular formula is C20H32O2. The molecule has 2 aliphatic carbocycles. The topological polar surface area (TPSA) is 37.3 Å². The van der Waals surface area contributed by atoms with Crippen molar-refractivity contribution in [3.8, 4) is 0 Å². The second-order valence-corrected chi connectivity index (χ2v) is 8.16. The van der Waals surface area contributed by atoms with E-state index in [2.05, 4.69) is 20.4 Å². The van der Waals surface area contributed by atoms with E-state index in [1.807, 2.05) is 6.92 Å². The number of fused-ring (bicyclic) bond motifs is 1. The predicted molar refractivity (Wildman–Crippen MR) is 91.6 cm³/mol. The molecule has 2 nitrogen and oxygen atoms in total. The SMILES string of the molecule is C=C1CC[C@@H]2[C@](C)(CO)CCC[C@@]2(C)[C@H]1CC/C(C)=C\C=O. The summed E-state index contributed by atoms with van der Waals surface area (Å²) in [6.45, 7) is 11.4. The van der Waals surface area contributed by atoms with Crippen LogP contribution < -0.4 is 0 Å². The van der Waals surface area contributed by atoms with E-state index >= 15 is 0 Å². The highest BCUT2D eigenvalue weighted by Gasteiger charge is 2.53. The third-order valence-electron chi connectivity index (χ3n) is 6.68. The van der Waals surface area contributed by atoms with Crippen LogP contribution in [0.25, 0.3) is 0 Å². The fourth-order valence-corrected chi connectivity index (χ4v) is 5.38. The number of allylic oxidation sites excluding steroid dienone is 3. The van der Waals surface area contributed by atoms with E-state index < -0.39 is 0 Å². The molecular weight excluding hydrogens is 272 g/mol. The van der Waals surface area contributed by atoms with E-state index in [0.717, 1.165) is 37.5 Å². The smallest absolute Gasteiger partial charge is 0.142 e. The highest BCUT2D eigenvalue weighted by molar-refractivity contribution is 5.65. The first-order valence-corrected chi connectivity index (χ1v) is 8.77. The molecule has 2 fully saturated rings. The number of hydrogen-bond donors (Lipinski definition) is 1. The van der Waals surface area contributed by atoms with Gasteiger partial charge in [0.05, 0.1) is 0 Å². The maximum absolute atomic E-state index is 10.6. The van der Waals surface area contributed by atoms with Crippen LogP contribution in [0.4, 0.5) is 0 Å². The molecule has 1 N–H and O–H groups in total. The third kappa shape index (κ3) is 3.08. The van der Waals surface area contributed by atoms with Gasteiger partial charge in [0.25, 0.3) is 0 Å². The molecule has 0 bridgehead atoms. The second-order valence-electron chi connectivity index (χ2n) is 8.16. The second kappa shape index (κ2) is 6.70. The molecule has 4 atom stereocenters. The van der Waals surface area contributed by atoms with Gasteiger partial charge in [0.2, 0.25) is 0 Å². The Labute approximate surface area is 135 Å². The van der Waals surface area contributed by atoms with Gasteiger partial charge in [-0.2, -0.15) is 0 Å². The van der Waals surface area contributed by atoms with Gasteiger partial charge in [-0.15, -0.1) is 0 Å². The molecule has 2 saturated carbocycles. The highest BCUT2D eigenvalue weighted by atomic mass is 16.3. The Morgan fingerprint density at radius 1 is 1.41 bits per heavy atom. The van der Waals surface area contributed by atoms with Crippen molar-refractivity contribution < 1.29 is 9.90 Å². The van der Waals surface area contributed by atoms with Gasteiger partial charge in [0.15, 0.2) is 0 Å². The van der Waals surface area contributed by atoms with Crippen LogP contribution in [0.3, 0.4) is 0 Å². The number of rotatable bonds is 5. The Hall–Kier alpha value is -0.890. The van der Waals surface area contributed by atoms with Crippen LogP contribution in [0.1, 0.15) is 65.7 Å². The van der Waals surface area contributed by atoms with E-state index in [-0.39, 0.29) is 10.8 Å². The summed E-state index contributed by atoms with van der Waals surface area (Å²) in [5.74, 6) is 1.11. The summed E-state index contributed by atoms with van der Waals surface area (Å²) in [5, 5.41) is 9.97. The molecule has 2 rings (SSSR count). The summed E-state index contributed by atoms with van der Waals surface area (Å²) < 4.78 is 0. The van der Waals surface area contributed by atoms with E-state index in [4.69, 9.17) is 0 Å². The molecule has 0 aliphatic heterocycles. The molecule has 0 heterocycles. The Balaban J connectivity index is 2.22. The first kappa shape index (κ1) is 17.5. The van der Waals surface area contributed by atoms with Crippen molar-refractivity contribution in [2.75, 3.05) is 6.61 Å². The van der Waals surface area contributed by atoms with Crippen LogP contribution in [-0.2, 0) is 4.79 Å². The largest absolute Gasteiger partial charge is 0.396 e. The summed E-state index contributed by atoms with van der Waals surface area (Å²) in [4.78, 5) is 10.6. The van der Waals surface area contributed by atoms with E-state index in [1.165, 1.54) is 24.8 Å². The van der Waals surface area contributed by atoms with Crippen LogP contribution >= 0.6 is 0 Å². The molecule has 0 aromatic heterocycles. The number of aldehydes is 1. The van der Waals surface area contributed by atoms with Crippen molar-refractivity contribution >= 4 is 6.29 Å². The van der Waals surface area contributed by atoms with Gasteiger partial charge in [0.1, 0.15) is 6.29 Å². The van der Waals surface area contributed by atoms with Gasteiger partial charge >= 0.3 is 0 Å². The Kier molecular flexibility index (Phi) is 5.32. The van der Waals surface area contributed by atoms with Crippen LogP contribution in [0.15, 0.2) is 23.8 Å². The summed E-state index contributed by atoms with van der Waals surface area (Å²) in [7, 11) is 0. The molecule has 0 amide bonds. The molecule has 2 heteroatoms. The van der Waals surface area contributed by atoms with E-state index in [1.54, 1.807) is 6.08 Å². The third-order valence-corrected chi connectivity index (χ3v) is 6.68. The monoisotopic (exact) mass is 304 g/mol. The summed E-state index contributed by atoms with van der Waals surface area (Å²) in [6, 6.07) is 0. The van der Waals surface area contributed by atoms with Crippen LogP contribution in [0, 0.1) is 22.7 Å². The Morgan fingerprint density at radius 3 is 2.77 bits per heavy atom. The average Bonchev–Trinajstić information content (AvgIpc) is 2.46. The Morgan fingerprint density at radius 2 is 2.14 bits per heavy atom. The zero-order chi connectivity index (χ0) is 16.4. The fraction of sp³-hybridized carbons (Fsp3) is 0.750. The number of hydrogen-bond acceptors (Lipinski definition) is 2. The average molecular weight is 304 g/mol. The van der Waals surface area contributed by atoms with Crippen molar-refractivity contribution in [1.82, 2.24) is 0 Å². The number of carbonyl (C=O) groups is 1. The standard InChI is InChI=1S/C20H32O2/c1-15(10-13-21)6-8-17-16(2)7-9-18-19(3,14-22)11-5-12-20(17,18)4/h10,13,17-18,22H,2,5-9,11-12,14H2,1,3-4H3/b15-10-/t17-,18+,19-,20-/m0/s1. The maximum Gasteiger partial charge on any atom is 0.142 e. The molecule has 0 radical (unpaired) electrons. The van der Waals surface area contributed by atoms with Crippen molar-refractivity contribution in [3.05, 3.63) is 23.8 Å². The van der Waals surface area contributed by atoms with Gasteiger partial charge < -0.3 is 5.11 Å². The molecule has 0 aromatic carbocycles. The van der Waals surface area contributed by atoms with Crippen molar-refractivity contribution in [3.63, 3.8) is 0 Å². The lowest BCUT2D eigenvalue weighted by Gasteiger charge is -2.58. The fourth-order valence-electron chi connectivity index (χ4n) is 5.38. The van der Waals surface area contributed by atoms with Crippen LogP contribution in [0.5, 0.6) is 0 Å². The minimum Gasteiger partial charge on any atom is -0.396 e. The highest BCUT2D eigenvalue weighted by Crippen LogP contribution is 2.61. The molecule has 124 valence electrons. The van der Waals surface area contributed by atoms with Crippen LogP contribution in [0.2, 0.25) is 0 Å². The quantitative estimate of drug-likeness (QED) is 0.455.